The van der Waals surface area contributed by atoms with E-state index in [1.54, 1.807) is 4.90 Å². The first kappa shape index (κ1) is 9.37. The molecule has 1 saturated heterocycles. The van der Waals surface area contributed by atoms with Crippen molar-refractivity contribution in [3.05, 3.63) is 0 Å². The molecular formula is C8H14BF3N-. The molecule has 76 valence electrons. The van der Waals surface area contributed by atoms with E-state index in [4.69, 9.17) is 0 Å². The Balaban J connectivity index is 1.86. The van der Waals surface area contributed by atoms with Gasteiger partial charge < -0.3 is 17.8 Å². The molecule has 1 aliphatic heterocycles. The molecular weight excluding hydrogens is 178 g/mol. The lowest BCUT2D eigenvalue weighted by Gasteiger charge is -2.35. The number of likely N-dealkylation sites (tertiary alicyclic amines) is 1. The minimum atomic E-state index is -4.62. The van der Waals surface area contributed by atoms with Crippen LogP contribution >= 0.6 is 0 Å². The molecule has 0 unspecified atom stereocenters. The van der Waals surface area contributed by atoms with E-state index < -0.39 is 13.4 Å². The molecule has 1 heterocycles. The summed E-state index contributed by atoms with van der Waals surface area (Å²) in [6.45, 7) is -3.29. The number of hydrogen-bond acceptors (Lipinski definition) is 1. The van der Waals surface area contributed by atoms with Gasteiger partial charge in [-0.2, -0.15) is 0 Å². The lowest BCUT2D eigenvalue weighted by molar-refractivity contribution is 0.170. The Kier molecular flexibility index (Phi) is 2.09. The highest BCUT2D eigenvalue weighted by atomic mass is 19.4. The largest absolute Gasteiger partial charge is 0.492 e. The summed E-state index contributed by atoms with van der Waals surface area (Å²) in [5.41, 5.74) is 0.305. The first-order valence-electron chi connectivity index (χ1n) is 4.93. The maximum atomic E-state index is 12.1. The van der Waals surface area contributed by atoms with Crippen molar-refractivity contribution in [2.45, 2.75) is 25.7 Å². The normalized spacial score (nSPS) is 27.9. The van der Waals surface area contributed by atoms with Crippen LogP contribution in [0.2, 0.25) is 0 Å². The second-order valence-corrected chi connectivity index (χ2v) is 4.55. The summed E-state index contributed by atoms with van der Waals surface area (Å²) < 4.78 is 36.4. The summed E-state index contributed by atoms with van der Waals surface area (Å²) in [7, 11) is 0. The zero-order valence-corrected chi connectivity index (χ0v) is 7.61. The molecule has 0 aromatic rings. The monoisotopic (exact) mass is 192 g/mol. The first-order valence-corrected chi connectivity index (χ1v) is 4.93. The van der Waals surface area contributed by atoms with Gasteiger partial charge in [0.1, 0.15) is 0 Å². The molecule has 0 bridgehead atoms. The van der Waals surface area contributed by atoms with Gasteiger partial charge in [0.2, 0.25) is 0 Å². The molecule has 2 fully saturated rings. The fourth-order valence-electron chi connectivity index (χ4n) is 2.34. The molecule has 1 nitrogen and oxygen atoms in total. The highest BCUT2D eigenvalue weighted by Gasteiger charge is 2.46. The van der Waals surface area contributed by atoms with Crippen LogP contribution in [0, 0.1) is 5.41 Å². The Morgan fingerprint density at radius 1 is 1.15 bits per heavy atom. The SMILES string of the molecule is F[B-](F)(F)CN1CCCC2(CC2)C1. The summed E-state index contributed by atoms with van der Waals surface area (Å²) in [4.78, 5) is 1.59. The Morgan fingerprint density at radius 2 is 1.85 bits per heavy atom. The molecule has 0 radical (unpaired) electrons. The second-order valence-electron chi connectivity index (χ2n) is 4.55. The van der Waals surface area contributed by atoms with Crippen molar-refractivity contribution < 1.29 is 12.9 Å². The van der Waals surface area contributed by atoms with E-state index in [1.165, 1.54) is 0 Å². The van der Waals surface area contributed by atoms with Crippen LogP contribution in [0.1, 0.15) is 25.7 Å². The summed E-state index contributed by atoms with van der Waals surface area (Å²) in [5.74, 6) is 0. The molecule has 0 amide bonds. The number of nitrogens with zero attached hydrogens (tertiary/aromatic N) is 1. The average Bonchev–Trinajstić information content (AvgIpc) is 2.65. The van der Waals surface area contributed by atoms with Gasteiger partial charge in [0, 0.05) is 6.54 Å². The van der Waals surface area contributed by atoms with Crippen LogP contribution < -0.4 is 0 Å². The minimum absolute atomic E-state index is 0.305. The van der Waals surface area contributed by atoms with Gasteiger partial charge in [-0.15, -0.1) is 0 Å². The van der Waals surface area contributed by atoms with Crippen molar-refractivity contribution in [2.75, 3.05) is 19.5 Å². The third-order valence-electron chi connectivity index (χ3n) is 3.16. The molecule has 0 atom stereocenters. The van der Waals surface area contributed by atoms with Crippen LogP contribution in [0.3, 0.4) is 0 Å². The quantitative estimate of drug-likeness (QED) is 0.606. The van der Waals surface area contributed by atoms with Gasteiger partial charge in [-0.3, -0.25) is 0 Å². The highest BCUT2D eigenvalue weighted by Crippen LogP contribution is 2.52. The summed E-state index contributed by atoms with van der Waals surface area (Å²) in [6.07, 6.45) is 3.74. The molecule has 2 aliphatic rings. The molecule has 0 aromatic carbocycles. The third kappa shape index (κ3) is 2.39. The van der Waals surface area contributed by atoms with E-state index in [2.05, 4.69) is 0 Å². The molecule has 13 heavy (non-hydrogen) atoms. The van der Waals surface area contributed by atoms with E-state index >= 15 is 0 Å². The van der Waals surface area contributed by atoms with Gasteiger partial charge in [0.05, 0.1) is 0 Å². The van der Waals surface area contributed by atoms with Gasteiger partial charge in [-0.25, -0.2) is 0 Å². The molecule has 0 aromatic heterocycles. The van der Waals surface area contributed by atoms with E-state index in [1.807, 2.05) is 0 Å². The first-order chi connectivity index (χ1) is 5.99. The van der Waals surface area contributed by atoms with E-state index in [9.17, 15) is 12.9 Å². The lowest BCUT2D eigenvalue weighted by Crippen LogP contribution is -2.44. The predicted octanol–water partition coefficient (Wildman–Crippen LogP) is 2.25. The van der Waals surface area contributed by atoms with Crippen molar-refractivity contribution in [3.63, 3.8) is 0 Å². The van der Waals surface area contributed by atoms with Crippen LogP contribution in [-0.2, 0) is 0 Å². The molecule has 1 saturated carbocycles. The predicted molar refractivity (Wildman–Crippen MR) is 46.4 cm³/mol. The number of piperidine rings is 1. The van der Waals surface area contributed by atoms with Crippen molar-refractivity contribution in [3.8, 4) is 0 Å². The molecule has 0 N–H and O–H groups in total. The highest BCUT2D eigenvalue weighted by molar-refractivity contribution is 6.58. The van der Waals surface area contributed by atoms with Crippen LogP contribution in [-0.4, -0.2) is 31.4 Å². The maximum Gasteiger partial charge on any atom is 0.492 e. The summed E-state index contributed by atoms with van der Waals surface area (Å²) in [6, 6.07) is 0. The van der Waals surface area contributed by atoms with Crippen LogP contribution in [0.25, 0.3) is 0 Å². The average molecular weight is 192 g/mol. The van der Waals surface area contributed by atoms with Crippen molar-refractivity contribution >= 4 is 6.98 Å². The zero-order valence-electron chi connectivity index (χ0n) is 7.61. The summed E-state index contributed by atoms with van der Waals surface area (Å²) >= 11 is 0. The third-order valence-corrected chi connectivity index (χ3v) is 3.16. The smallest absolute Gasteiger partial charge is 0.448 e. The molecule has 2 rings (SSSR count). The van der Waals surface area contributed by atoms with E-state index in [0.717, 1.165) is 25.7 Å². The Labute approximate surface area is 76.3 Å². The number of halogens is 3. The maximum absolute atomic E-state index is 12.1. The minimum Gasteiger partial charge on any atom is -0.448 e. The van der Waals surface area contributed by atoms with Gasteiger partial charge in [-0.1, -0.05) is 0 Å². The van der Waals surface area contributed by atoms with Gasteiger partial charge in [0.15, 0.2) is 0 Å². The zero-order chi connectivity index (χ0) is 9.53. The number of rotatable bonds is 2. The van der Waals surface area contributed by atoms with Crippen molar-refractivity contribution in [2.24, 2.45) is 5.41 Å². The van der Waals surface area contributed by atoms with Crippen LogP contribution in [0.5, 0.6) is 0 Å². The fourth-order valence-corrected chi connectivity index (χ4v) is 2.34. The molecule has 1 spiro atoms. The topological polar surface area (TPSA) is 3.24 Å². The van der Waals surface area contributed by atoms with Crippen LogP contribution in [0.15, 0.2) is 0 Å². The van der Waals surface area contributed by atoms with Crippen molar-refractivity contribution in [1.82, 2.24) is 4.90 Å². The van der Waals surface area contributed by atoms with E-state index in [0.29, 0.717) is 18.5 Å². The standard InChI is InChI=1S/C8H14BF3N/c10-9(11,12)7-13-5-1-2-8(6-13)3-4-8/h1-7H2/q-1. The molecule has 5 heteroatoms. The van der Waals surface area contributed by atoms with Gasteiger partial charge in [-0.05, 0) is 44.1 Å². The van der Waals surface area contributed by atoms with Gasteiger partial charge >= 0.3 is 6.98 Å². The lowest BCUT2D eigenvalue weighted by atomic mass is 9.87. The Bertz CT molecular complexity index is 198. The van der Waals surface area contributed by atoms with Gasteiger partial charge in [0.25, 0.3) is 0 Å². The fraction of sp³-hybridized carbons (Fsp3) is 1.00. The van der Waals surface area contributed by atoms with Crippen molar-refractivity contribution in [1.29, 1.82) is 0 Å². The molecule has 1 aliphatic carbocycles. The second kappa shape index (κ2) is 2.90. The Morgan fingerprint density at radius 3 is 2.38 bits per heavy atom. The van der Waals surface area contributed by atoms with Crippen LogP contribution in [0.4, 0.5) is 12.9 Å². The van der Waals surface area contributed by atoms with E-state index in [-0.39, 0.29) is 0 Å². The summed E-state index contributed by atoms with van der Waals surface area (Å²) in [5, 5.41) is 0. The number of hydrogen-bond donors (Lipinski definition) is 0. The Hall–Kier alpha value is -0.185.